The molecule has 24 heavy (non-hydrogen) atoms. The van der Waals surface area contributed by atoms with E-state index in [2.05, 4.69) is 13.8 Å². The topological polar surface area (TPSA) is 37.4 Å². The highest BCUT2D eigenvalue weighted by Gasteiger charge is 2.35. The predicted octanol–water partition coefficient (Wildman–Crippen LogP) is 4.58. The first kappa shape index (κ1) is 20.1. The molecule has 1 atom stereocenters. The van der Waals surface area contributed by atoms with E-state index in [9.17, 15) is 9.59 Å². The van der Waals surface area contributed by atoms with E-state index in [1.54, 1.807) is 24.1 Å². The Morgan fingerprint density at radius 2 is 1.75 bits per heavy atom. The van der Waals surface area contributed by atoms with Crippen LogP contribution in [0.25, 0.3) is 6.08 Å². The van der Waals surface area contributed by atoms with Crippen LogP contribution < -0.4 is 0 Å². The van der Waals surface area contributed by atoms with E-state index in [4.69, 9.17) is 0 Å². The van der Waals surface area contributed by atoms with Gasteiger partial charge in [0.05, 0.1) is 6.04 Å². The van der Waals surface area contributed by atoms with Crippen molar-refractivity contribution in [2.75, 3.05) is 7.05 Å². The molecule has 0 unspecified atom stereocenters. The van der Waals surface area contributed by atoms with E-state index < -0.39 is 5.41 Å². The lowest BCUT2D eigenvalue weighted by Gasteiger charge is -2.33. The SMILES string of the molecule is CCC(C)(C)C(=O)[C@@H](CC(C)C)N(C)C(=O)/C=C/c1ccccc1. The molecular weight excluding hydrogens is 298 g/mol. The summed E-state index contributed by atoms with van der Waals surface area (Å²) < 4.78 is 0. The fraction of sp³-hybridized carbons (Fsp3) is 0.524. The predicted molar refractivity (Wildman–Crippen MR) is 101 cm³/mol. The molecule has 0 aliphatic carbocycles. The number of benzene rings is 1. The van der Waals surface area contributed by atoms with E-state index in [0.29, 0.717) is 12.3 Å². The minimum absolute atomic E-state index is 0.134. The number of Topliss-reactive ketones (excluding diaryl/α,β-unsaturated/α-hetero) is 1. The Balaban J connectivity index is 2.94. The first-order valence-corrected chi connectivity index (χ1v) is 8.73. The maximum Gasteiger partial charge on any atom is 0.246 e. The summed E-state index contributed by atoms with van der Waals surface area (Å²) in [5.41, 5.74) is 0.553. The van der Waals surface area contributed by atoms with Crippen molar-refractivity contribution in [2.45, 2.75) is 53.5 Å². The zero-order valence-electron chi connectivity index (χ0n) is 15.9. The summed E-state index contributed by atoms with van der Waals surface area (Å²) in [6, 6.07) is 9.32. The largest absolute Gasteiger partial charge is 0.332 e. The first-order valence-electron chi connectivity index (χ1n) is 8.73. The lowest BCUT2D eigenvalue weighted by Crippen LogP contribution is -2.47. The molecule has 0 heterocycles. The van der Waals surface area contributed by atoms with Crippen LogP contribution in [0.2, 0.25) is 0 Å². The second-order valence-corrected chi connectivity index (χ2v) is 7.44. The van der Waals surface area contributed by atoms with Gasteiger partial charge in [-0.3, -0.25) is 9.59 Å². The second kappa shape index (κ2) is 8.81. The van der Waals surface area contributed by atoms with Gasteiger partial charge in [-0.2, -0.15) is 0 Å². The molecule has 3 nitrogen and oxygen atoms in total. The number of hydrogen-bond donors (Lipinski definition) is 0. The number of ketones is 1. The number of nitrogens with zero attached hydrogens (tertiary/aromatic N) is 1. The van der Waals surface area contributed by atoms with Gasteiger partial charge < -0.3 is 4.90 Å². The summed E-state index contributed by atoms with van der Waals surface area (Å²) in [4.78, 5) is 27.1. The molecule has 0 saturated heterocycles. The third-order valence-corrected chi connectivity index (χ3v) is 4.58. The highest BCUT2D eigenvalue weighted by Crippen LogP contribution is 2.27. The Bertz CT molecular complexity index is 573. The van der Waals surface area contributed by atoms with Gasteiger partial charge in [-0.1, -0.05) is 65.0 Å². The molecule has 0 spiro atoms. The number of carbonyl (C=O) groups excluding carboxylic acids is 2. The molecule has 1 aromatic rings. The Hall–Kier alpha value is -1.90. The lowest BCUT2D eigenvalue weighted by molar-refractivity contribution is -0.140. The van der Waals surface area contributed by atoms with E-state index in [0.717, 1.165) is 12.0 Å². The summed E-state index contributed by atoms with van der Waals surface area (Å²) >= 11 is 0. The van der Waals surface area contributed by atoms with Gasteiger partial charge in [0.25, 0.3) is 0 Å². The van der Waals surface area contributed by atoms with Crippen LogP contribution in [0.15, 0.2) is 36.4 Å². The van der Waals surface area contributed by atoms with Crippen LogP contribution in [0.1, 0.15) is 53.0 Å². The van der Waals surface area contributed by atoms with Crippen molar-refractivity contribution in [1.82, 2.24) is 4.90 Å². The summed E-state index contributed by atoms with van der Waals surface area (Å²) in [7, 11) is 1.73. The maximum absolute atomic E-state index is 12.9. The Morgan fingerprint density at radius 1 is 1.17 bits per heavy atom. The molecule has 132 valence electrons. The normalized spacial score (nSPS) is 13.3. The molecule has 0 radical (unpaired) electrons. The van der Waals surface area contributed by atoms with Gasteiger partial charge in [0, 0.05) is 18.5 Å². The molecule has 0 bridgehead atoms. The number of hydrogen-bond acceptors (Lipinski definition) is 2. The summed E-state index contributed by atoms with van der Waals surface area (Å²) in [5, 5.41) is 0. The third kappa shape index (κ3) is 5.63. The zero-order valence-corrected chi connectivity index (χ0v) is 15.9. The molecule has 1 aromatic carbocycles. The average Bonchev–Trinajstić information content (AvgIpc) is 2.57. The Kier molecular flexibility index (Phi) is 7.40. The van der Waals surface area contributed by atoms with Crippen LogP contribution in [-0.4, -0.2) is 29.7 Å². The second-order valence-electron chi connectivity index (χ2n) is 7.44. The Morgan fingerprint density at radius 3 is 2.25 bits per heavy atom. The van der Waals surface area contributed by atoms with Crippen molar-refractivity contribution in [1.29, 1.82) is 0 Å². The van der Waals surface area contributed by atoms with Crippen LogP contribution in [0.5, 0.6) is 0 Å². The summed E-state index contributed by atoms with van der Waals surface area (Å²) in [6.07, 6.45) is 4.79. The summed E-state index contributed by atoms with van der Waals surface area (Å²) in [6.45, 7) is 10.1. The number of amides is 1. The quantitative estimate of drug-likeness (QED) is 0.655. The molecule has 1 rings (SSSR count). The van der Waals surface area contributed by atoms with Crippen molar-refractivity contribution in [2.24, 2.45) is 11.3 Å². The highest BCUT2D eigenvalue weighted by atomic mass is 16.2. The smallest absolute Gasteiger partial charge is 0.246 e. The molecule has 0 aromatic heterocycles. The van der Waals surface area contributed by atoms with Crippen LogP contribution >= 0.6 is 0 Å². The van der Waals surface area contributed by atoms with Gasteiger partial charge in [-0.25, -0.2) is 0 Å². The van der Waals surface area contributed by atoms with Crippen molar-refractivity contribution < 1.29 is 9.59 Å². The molecule has 1 amide bonds. The van der Waals surface area contributed by atoms with E-state index in [1.807, 2.05) is 51.1 Å². The van der Waals surface area contributed by atoms with Gasteiger partial charge in [-0.05, 0) is 30.4 Å². The molecule has 0 aliphatic rings. The van der Waals surface area contributed by atoms with Crippen molar-refractivity contribution >= 4 is 17.8 Å². The van der Waals surface area contributed by atoms with E-state index in [1.165, 1.54) is 0 Å². The maximum atomic E-state index is 12.9. The monoisotopic (exact) mass is 329 g/mol. The molecule has 0 aliphatic heterocycles. The molecule has 0 fully saturated rings. The van der Waals surface area contributed by atoms with E-state index in [-0.39, 0.29) is 17.7 Å². The van der Waals surface area contributed by atoms with Gasteiger partial charge in [-0.15, -0.1) is 0 Å². The molecule has 3 heteroatoms. The van der Waals surface area contributed by atoms with Crippen LogP contribution in [0, 0.1) is 11.3 Å². The molecular formula is C21H31NO2. The minimum atomic E-state index is -0.419. The van der Waals surface area contributed by atoms with Crippen LogP contribution in [0.4, 0.5) is 0 Å². The third-order valence-electron chi connectivity index (χ3n) is 4.58. The number of rotatable bonds is 8. The fourth-order valence-corrected chi connectivity index (χ4v) is 2.52. The van der Waals surface area contributed by atoms with Gasteiger partial charge in [0.2, 0.25) is 5.91 Å². The first-order chi connectivity index (χ1) is 11.2. The zero-order chi connectivity index (χ0) is 18.3. The fourth-order valence-electron chi connectivity index (χ4n) is 2.52. The molecule has 0 saturated carbocycles. The standard InChI is InChI=1S/C21H31NO2/c1-7-21(4,5)20(24)18(15-16(2)3)22(6)19(23)14-13-17-11-9-8-10-12-17/h8-14,16,18H,7,15H2,1-6H3/b14-13+/t18-/m1/s1. The number of carbonyl (C=O) groups is 2. The highest BCUT2D eigenvalue weighted by molar-refractivity contribution is 5.97. The van der Waals surface area contributed by atoms with Crippen molar-refractivity contribution in [3.05, 3.63) is 42.0 Å². The lowest BCUT2D eigenvalue weighted by atomic mass is 9.79. The van der Waals surface area contributed by atoms with Crippen molar-refractivity contribution in [3.63, 3.8) is 0 Å². The van der Waals surface area contributed by atoms with Gasteiger partial charge in [0.15, 0.2) is 5.78 Å². The average molecular weight is 329 g/mol. The molecule has 0 N–H and O–H groups in total. The number of likely N-dealkylation sites (N-methyl/N-ethyl adjacent to an activating group) is 1. The van der Waals surface area contributed by atoms with E-state index >= 15 is 0 Å². The minimum Gasteiger partial charge on any atom is -0.332 e. The van der Waals surface area contributed by atoms with Crippen molar-refractivity contribution in [3.8, 4) is 0 Å². The van der Waals surface area contributed by atoms with Crippen LogP contribution in [-0.2, 0) is 9.59 Å². The Labute approximate surface area is 146 Å². The van der Waals surface area contributed by atoms with Crippen LogP contribution in [0.3, 0.4) is 0 Å². The summed E-state index contributed by atoms with van der Waals surface area (Å²) in [5.74, 6) is 0.354. The van der Waals surface area contributed by atoms with Gasteiger partial charge >= 0.3 is 0 Å². The van der Waals surface area contributed by atoms with Gasteiger partial charge in [0.1, 0.15) is 0 Å².